The molecule has 182 valence electrons. The predicted octanol–water partition coefficient (Wildman–Crippen LogP) is 4.87. The smallest absolute Gasteiger partial charge is 0.226 e. The predicted molar refractivity (Wildman–Crippen MR) is 139 cm³/mol. The van der Waals surface area contributed by atoms with Gasteiger partial charge >= 0.3 is 0 Å². The lowest BCUT2D eigenvalue weighted by Crippen LogP contribution is -2.44. The summed E-state index contributed by atoms with van der Waals surface area (Å²) in [5, 5.41) is 8.68. The lowest BCUT2D eigenvalue weighted by molar-refractivity contribution is -0.126. The fourth-order valence-electron chi connectivity index (χ4n) is 5.73. The summed E-state index contributed by atoms with van der Waals surface area (Å²) in [7, 11) is 0. The minimum absolute atomic E-state index is 0.0349. The zero-order valence-electron chi connectivity index (χ0n) is 18.9. The van der Waals surface area contributed by atoms with Crippen molar-refractivity contribution in [3.8, 4) is 10.7 Å². The third kappa shape index (κ3) is 3.79. The topological polar surface area (TPSA) is 98.8 Å². The van der Waals surface area contributed by atoms with Crippen LogP contribution in [0.5, 0.6) is 0 Å². The van der Waals surface area contributed by atoms with Crippen molar-refractivity contribution in [2.75, 3.05) is 23.3 Å². The van der Waals surface area contributed by atoms with E-state index in [9.17, 15) is 4.79 Å². The van der Waals surface area contributed by atoms with E-state index in [2.05, 4.69) is 42.6 Å². The number of carbonyl (C=O) groups excluding carboxylic acids is 1. The first-order valence-corrected chi connectivity index (χ1v) is 13.8. The summed E-state index contributed by atoms with van der Waals surface area (Å²) in [6.07, 6.45) is 11.5. The fourth-order valence-corrected chi connectivity index (χ4v) is 7.22. The average molecular weight is 530 g/mol. The number of aromatic amines is 1. The van der Waals surface area contributed by atoms with E-state index in [1.54, 1.807) is 6.20 Å². The molecule has 2 bridgehead atoms. The van der Waals surface area contributed by atoms with Crippen LogP contribution in [-0.4, -0.2) is 51.0 Å². The van der Waals surface area contributed by atoms with Gasteiger partial charge in [-0.3, -0.25) is 4.79 Å². The molecule has 1 saturated heterocycles. The number of hydrogen-bond acceptors (Lipinski definition) is 7. The minimum atomic E-state index is -0.119. The number of nitrogens with one attached hydrogen (secondary N) is 3. The number of nitrogens with zero attached hydrogens (tertiary/aromatic N) is 4. The molecule has 1 amide bonds. The second-order valence-corrected chi connectivity index (χ2v) is 11.7. The molecule has 3 aromatic heterocycles. The van der Waals surface area contributed by atoms with Crippen LogP contribution in [0.1, 0.15) is 32.1 Å². The van der Waals surface area contributed by atoms with E-state index in [4.69, 9.17) is 28.2 Å². The Hall–Kier alpha value is -2.36. The van der Waals surface area contributed by atoms with Crippen molar-refractivity contribution < 1.29 is 4.79 Å². The Labute approximate surface area is 216 Å². The van der Waals surface area contributed by atoms with Crippen molar-refractivity contribution in [2.45, 2.75) is 44.2 Å². The normalized spacial score (nSPS) is 27.3. The van der Waals surface area contributed by atoms with Gasteiger partial charge in [0.2, 0.25) is 5.91 Å². The number of fused-ring (bicyclic) bond motifs is 3. The molecule has 4 heterocycles. The highest BCUT2D eigenvalue weighted by atomic mass is 35.5. The summed E-state index contributed by atoms with van der Waals surface area (Å²) in [6, 6.07) is 0.305. The summed E-state index contributed by atoms with van der Waals surface area (Å²) in [6.45, 7) is 2.00. The number of imidazole rings is 1. The molecule has 11 heteroatoms. The number of carbonyl (C=O) groups is 1. The first kappa shape index (κ1) is 21.9. The van der Waals surface area contributed by atoms with E-state index in [-0.39, 0.29) is 29.7 Å². The number of thiazole rings is 1. The third-order valence-electron chi connectivity index (χ3n) is 7.64. The van der Waals surface area contributed by atoms with Crippen molar-refractivity contribution in [3.63, 3.8) is 0 Å². The standard InChI is InChI=1S/C24H25Cl2N7OS/c25-14-10-27-21-18(30-22(32-21)19-20(26)31-24(35-19)33-7-1-2-8-33)17(14)29-16-12-4-3-11(9-12)15(16)23(34)28-13-5-6-13/h3-4,10-13,15-16H,1-2,5-9H2,(H,28,34)(H2,27,29,30,32). The maximum atomic E-state index is 13.1. The summed E-state index contributed by atoms with van der Waals surface area (Å²) >= 11 is 14.7. The Balaban J connectivity index is 1.22. The summed E-state index contributed by atoms with van der Waals surface area (Å²) < 4.78 is 0. The molecule has 35 heavy (non-hydrogen) atoms. The van der Waals surface area contributed by atoms with Crippen molar-refractivity contribution in [2.24, 2.45) is 17.8 Å². The summed E-state index contributed by atoms with van der Waals surface area (Å²) in [4.78, 5) is 33.3. The van der Waals surface area contributed by atoms with Crippen LogP contribution < -0.4 is 15.5 Å². The Morgan fingerprint density at radius 3 is 2.74 bits per heavy atom. The van der Waals surface area contributed by atoms with Crippen LogP contribution >= 0.6 is 34.5 Å². The van der Waals surface area contributed by atoms with Gasteiger partial charge in [0.1, 0.15) is 10.4 Å². The molecule has 8 nitrogen and oxygen atoms in total. The van der Waals surface area contributed by atoms with Crippen molar-refractivity contribution in [1.82, 2.24) is 25.3 Å². The number of rotatable bonds is 6. The molecule has 4 unspecified atom stereocenters. The lowest BCUT2D eigenvalue weighted by atomic mass is 9.87. The molecule has 4 aliphatic rings. The van der Waals surface area contributed by atoms with E-state index >= 15 is 0 Å². The number of allylic oxidation sites excluding steroid dienone is 1. The Morgan fingerprint density at radius 2 is 1.94 bits per heavy atom. The van der Waals surface area contributed by atoms with Crippen LogP contribution in [0, 0.1) is 17.8 Å². The molecule has 0 spiro atoms. The van der Waals surface area contributed by atoms with Gasteiger partial charge in [-0.1, -0.05) is 46.7 Å². The molecule has 0 aromatic carbocycles. The van der Waals surface area contributed by atoms with Crippen molar-refractivity contribution >= 4 is 62.4 Å². The third-order valence-corrected chi connectivity index (χ3v) is 9.43. The summed E-state index contributed by atoms with van der Waals surface area (Å²) in [5.74, 6) is 1.19. The quantitative estimate of drug-likeness (QED) is 0.394. The van der Waals surface area contributed by atoms with Crippen molar-refractivity contribution in [1.29, 1.82) is 0 Å². The molecule has 3 N–H and O–H groups in total. The number of aromatic nitrogens is 4. The second kappa shape index (κ2) is 8.35. The van der Waals surface area contributed by atoms with Gasteiger partial charge in [-0.05, 0) is 43.9 Å². The zero-order chi connectivity index (χ0) is 23.7. The van der Waals surface area contributed by atoms with E-state index < -0.39 is 0 Å². The number of H-pyrrole nitrogens is 1. The Kier molecular flexibility index (Phi) is 5.22. The SMILES string of the molecule is O=C(NC1CC1)C1C2C=CC(C2)C1Nc1c(Cl)cnc2nc(-c3sc(N4CCCC4)nc3Cl)[nH]c12. The Bertz CT molecular complexity index is 1340. The molecule has 1 aliphatic heterocycles. The average Bonchev–Trinajstić information content (AvgIpc) is 3.39. The van der Waals surface area contributed by atoms with Gasteiger partial charge in [-0.25, -0.2) is 15.0 Å². The minimum Gasteiger partial charge on any atom is -0.378 e. The number of halogens is 2. The highest BCUT2D eigenvalue weighted by Crippen LogP contribution is 2.47. The van der Waals surface area contributed by atoms with Gasteiger partial charge in [0, 0.05) is 25.2 Å². The van der Waals surface area contributed by atoms with Crippen LogP contribution in [0.2, 0.25) is 10.2 Å². The largest absolute Gasteiger partial charge is 0.378 e. The maximum absolute atomic E-state index is 13.1. The monoisotopic (exact) mass is 529 g/mol. The van der Waals surface area contributed by atoms with Gasteiger partial charge in [0.15, 0.2) is 21.8 Å². The molecule has 7 rings (SSSR count). The molecule has 3 aliphatic carbocycles. The molecule has 3 aromatic rings. The first-order chi connectivity index (χ1) is 17.0. The number of amides is 1. The molecule has 2 saturated carbocycles. The molecule has 4 atom stereocenters. The van der Waals surface area contributed by atoms with Gasteiger partial charge < -0.3 is 20.5 Å². The van der Waals surface area contributed by atoms with E-state index in [1.807, 2.05) is 0 Å². The highest BCUT2D eigenvalue weighted by molar-refractivity contribution is 7.19. The highest BCUT2D eigenvalue weighted by Gasteiger charge is 2.49. The fraction of sp³-hybridized carbons (Fsp3) is 0.500. The second-order valence-electron chi connectivity index (χ2n) is 10.0. The molecule has 3 fully saturated rings. The van der Waals surface area contributed by atoms with Crippen LogP contribution in [-0.2, 0) is 4.79 Å². The molecular weight excluding hydrogens is 505 g/mol. The zero-order valence-corrected chi connectivity index (χ0v) is 21.3. The lowest BCUT2D eigenvalue weighted by Gasteiger charge is -2.29. The number of pyridine rings is 1. The van der Waals surface area contributed by atoms with Gasteiger partial charge in [0.25, 0.3) is 0 Å². The van der Waals surface area contributed by atoms with Gasteiger partial charge in [-0.15, -0.1) is 0 Å². The van der Waals surface area contributed by atoms with Gasteiger partial charge in [-0.2, -0.15) is 0 Å². The van der Waals surface area contributed by atoms with Crippen LogP contribution in [0.4, 0.5) is 10.8 Å². The van der Waals surface area contributed by atoms with E-state index in [1.165, 1.54) is 24.2 Å². The number of anilines is 2. The first-order valence-electron chi connectivity index (χ1n) is 12.3. The van der Waals surface area contributed by atoms with Crippen LogP contribution in [0.25, 0.3) is 21.9 Å². The Morgan fingerprint density at radius 1 is 1.14 bits per heavy atom. The van der Waals surface area contributed by atoms with Crippen LogP contribution in [0.3, 0.4) is 0 Å². The van der Waals surface area contributed by atoms with Crippen LogP contribution in [0.15, 0.2) is 18.3 Å². The molecular formula is C24H25Cl2N7OS. The van der Waals surface area contributed by atoms with Crippen molar-refractivity contribution in [3.05, 3.63) is 28.5 Å². The molecule has 0 radical (unpaired) electrons. The summed E-state index contributed by atoms with van der Waals surface area (Å²) in [5.41, 5.74) is 2.00. The maximum Gasteiger partial charge on any atom is 0.226 e. The van der Waals surface area contributed by atoms with Gasteiger partial charge in [0.05, 0.1) is 22.8 Å². The number of hydrogen-bond donors (Lipinski definition) is 3. The van der Waals surface area contributed by atoms with E-state index in [0.717, 1.165) is 48.0 Å². The van der Waals surface area contributed by atoms with E-state index in [0.29, 0.717) is 33.2 Å².